The van der Waals surface area contributed by atoms with Crippen LogP contribution in [-0.4, -0.2) is 21.4 Å². The van der Waals surface area contributed by atoms with Crippen LogP contribution in [0.4, 0.5) is 0 Å². The second-order valence-corrected chi connectivity index (χ2v) is 4.91. The van der Waals surface area contributed by atoms with Crippen molar-refractivity contribution in [1.29, 1.82) is 0 Å². The molecular formula is C15H15NO3. The lowest BCUT2D eigenvalue weighted by Gasteiger charge is -2.14. The Kier molecular flexibility index (Phi) is 2.85. The lowest BCUT2D eigenvalue weighted by molar-refractivity contribution is -0.137. The Morgan fingerprint density at radius 1 is 1.26 bits per heavy atom. The number of carbonyl (C=O) groups excluding carboxylic acids is 1. The topological polar surface area (TPSA) is 59.3 Å². The number of nitrogens with zero attached hydrogens (tertiary/aromatic N) is 1. The van der Waals surface area contributed by atoms with Crippen molar-refractivity contribution >= 4 is 22.7 Å². The summed E-state index contributed by atoms with van der Waals surface area (Å²) in [5, 5.41) is 9.83. The number of ketones is 1. The van der Waals surface area contributed by atoms with E-state index in [9.17, 15) is 9.59 Å². The number of hydrogen-bond donors (Lipinski definition) is 1. The van der Waals surface area contributed by atoms with Crippen LogP contribution in [0.3, 0.4) is 0 Å². The van der Waals surface area contributed by atoms with E-state index in [0.717, 1.165) is 35.0 Å². The fourth-order valence-corrected chi connectivity index (χ4v) is 2.93. The summed E-state index contributed by atoms with van der Waals surface area (Å²) in [7, 11) is 0. The molecule has 0 radical (unpaired) electrons. The Hall–Kier alpha value is -2.10. The summed E-state index contributed by atoms with van der Waals surface area (Å²) in [5.74, 6) is -0.625. The largest absolute Gasteiger partial charge is 0.481 e. The second kappa shape index (κ2) is 4.53. The van der Waals surface area contributed by atoms with Gasteiger partial charge in [0, 0.05) is 35.1 Å². The average Bonchev–Trinajstić information content (AvgIpc) is 2.71. The summed E-state index contributed by atoms with van der Waals surface area (Å²) in [5.41, 5.74) is 2.80. The van der Waals surface area contributed by atoms with Crippen molar-refractivity contribution in [3.8, 4) is 0 Å². The summed E-state index contributed by atoms with van der Waals surface area (Å²) < 4.78 is 2.01. The van der Waals surface area contributed by atoms with E-state index in [0.29, 0.717) is 13.0 Å². The number of benzene rings is 1. The number of aryl methyl sites for hydroxylation is 1. The van der Waals surface area contributed by atoms with Crippen LogP contribution in [0, 0.1) is 0 Å². The van der Waals surface area contributed by atoms with Crippen molar-refractivity contribution in [3.05, 3.63) is 35.5 Å². The third kappa shape index (κ3) is 1.93. The summed E-state index contributed by atoms with van der Waals surface area (Å²) in [4.78, 5) is 22.9. The fraction of sp³-hybridized carbons (Fsp3) is 0.333. The van der Waals surface area contributed by atoms with Crippen LogP contribution >= 0.6 is 0 Å². The van der Waals surface area contributed by atoms with Gasteiger partial charge in [0.05, 0.1) is 6.42 Å². The number of Topliss-reactive ketones (excluding diaryl/α,β-unsaturated/α-hetero) is 1. The van der Waals surface area contributed by atoms with E-state index in [4.69, 9.17) is 5.11 Å². The molecule has 2 aromatic rings. The van der Waals surface area contributed by atoms with Gasteiger partial charge in [-0.2, -0.15) is 0 Å². The van der Waals surface area contributed by atoms with Crippen LogP contribution in [0.15, 0.2) is 24.3 Å². The van der Waals surface area contributed by atoms with Crippen molar-refractivity contribution in [2.45, 2.75) is 32.2 Å². The standard InChI is InChI=1S/C15H15NO3/c17-13-7-3-6-12-15(13)10-4-1-2-5-11(10)16(12)9-8-14(18)19/h1-2,4-5H,3,6-9H2,(H,18,19). The number of hydrogen-bond acceptors (Lipinski definition) is 2. The Morgan fingerprint density at radius 2 is 2.05 bits per heavy atom. The molecule has 4 heteroatoms. The van der Waals surface area contributed by atoms with Crippen LogP contribution < -0.4 is 0 Å². The zero-order valence-corrected chi connectivity index (χ0v) is 10.6. The quantitative estimate of drug-likeness (QED) is 0.919. The molecule has 1 N–H and O–H groups in total. The van der Waals surface area contributed by atoms with Crippen molar-refractivity contribution < 1.29 is 14.7 Å². The van der Waals surface area contributed by atoms with E-state index in [-0.39, 0.29) is 12.2 Å². The van der Waals surface area contributed by atoms with Gasteiger partial charge >= 0.3 is 5.97 Å². The predicted molar refractivity (Wildman–Crippen MR) is 71.5 cm³/mol. The molecule has 1 aliphatic rings. The fourth-order valence-electron chi connectivity index (χ4n) is 2.93. The van der Waals surface area contributed by atoms with E-state index in [1.54, 1.807) is 0 Å². The first kappa shape index (κ1) is 12.0. The van der Waals surface area contributed by atoms with Crippen LogP contribution in [0.25, 0.3) is 10.9 Å². The van der Waals surface area contributed by atoms with E-state index in [1.807, 2.05) is 28.8 Å². The summed E-state index contributed by atoms with van der Waals surface area (Å²) in [6.07, 6.45) is 2.39. The van der Waals surface area contributed by atoms with E-state index in [1.165, 1.54) is 0 Å². The summed E-state index contributed by atoms with van der Waals surface area (Å²) >= 11 is 0. The molecule has 0 unspecified atom stereocenters. The molecule has 19 heavy (non-hydrogen) atoms. The van der Waals surface area contributed by atoms with Crippen molar-refractivity contribution in [1.82, 2.24) is 4.57 Å². The molecule has 3 rings (SSSR count). The van der Waals surface area contributed by atoms with Crippen LogP contribution in [-0.2, 0) is 17.8 Å². The molecule has 4 nitrogen and oxygen atoms in total. The molecule has 0 saturated carbocycles. The number of carboxylic acid groups (broad SMARTS) is 1. The first-order valence-electron chi connectivity index (χ1n) is 6.53. The summed E-state index contributed by atoms with van der Waals surface area (Å²) in [6.45, 7) is 0.429. The van der Waals surface area contributed by atoms with Gasteiger partial charge in [0.15, 0.2) is 5.78 Å². The molecular weight excluding hydrogens is 242 g/mol. The molecule has 1 heterocycles. The van der Waals surface area contributed by atoms with Gasteiger partial charge < -0.3 is 9.67 Å². The van der Waals surface area contributed by atoms with E-state index < -0.39 is 5.97 Å². The Labute approximate surface area is 110 Å². The Balaban J connectivity index is 2.19. The van der Waals surface area contributed by atoms with Gasteiger partial charge in [-0.15, -0.1) is 0 Å². The summed E-state index contributed by atoms with van der Waals surface area (Å²) in [6, 6.07) is 7.76. The monoisotopic (exact) mass is 257 g/mol. The molecule has 1 aromatic heterocycles. The predicted octanol–water partition coefficient (Wildman–Crippen LogP) is 2.64. The molecule has 0 atom stereocenters. The van der Waals surface area contributed by atoms with Gasteiger partial charge in [0.25, 0.3) is 0 Å². The highest BCUT2D eigenvalue weighted by Crippen LogP contribution is 2.32. The number of aliphatic carboxylic acids is 1. The SMILES string of the molecule is O=C(O)CCn1c2c(c3ccccc31)C(=O)CCC2. The van der Waals surface area contributed by atoms with Crippen LogP contribution in [0.1, 0.15) is 35.3 Å². The number of para-hydroxylation sites is 1. The third-order valence-electron chi connectivity index (χ3n) is 3.72. The average molecular weight is 257 g/mol. The van der Waals surface area contributed by atoms with Gasteiger partial charge in [-0.3, -0.25) is 9.59 Å². The highest BCUT2D eigenvalue weighted by molar-refractivity contribution is 6.10. The minimum atomic E-state index is -0.811. The molecule has 98 valence electrons. The Morgan fingerprint density at radius 3 is 2.84 bits per heavy atom. The maximum absolute atomic E-state index is 12.1. The minimum absolute atomic E-state index is 0.0826. The number of carbonyl (C=O) groups is 2. The minimum Gasteiger partial charge on any atom is -0.481 e. The highest BCUT2D eigenvalue weighted by Gasteiger charge is 2.25. The molecule has 0 saturated heterocycles. The van der Waals surface area contributed by atoms with Crippen LogP contribution in [0.5, 0.6) is 0 Å². The van der Waals surface area contributed by atoms with E-state index >= 15 is 0 Å². The first-order chi connectivity index (χ1) is 9.18. The normalized spacial score (nSPS) is 14.6. The third-order valence-corrected chi connectivity index (χ3v) is 3.72. The Bertz CT molecular complexity index is 669. The molecule has 0 aliphatic heterocycles. The van der Waals surface area contributed by atoms with Crippen molar-refractivity contribution in [2.24, 2.45) is 0 Å². The lowest BCUT2D eigenvalue weighted by atomic mass is 9.94. The molecule has 0 spiro atoms. The van der Waals surface area contributed by atoms with E-state index in [2.05, 4.69) is 0 Å². The van der Waals surface area contributed by atoms with Gasteiger partial charge in [0.1, 0.15) is 0 Å². The lowest BCUT2D eigenvalue weighted by Crippen LogP contribution is -2.14. The zero-order valence-electron chi connectivity index (χ0n) is 10.6. The zero-order chi connectivity index (χ0) is 13.4. The molecule has 1 aliphatic carbocycles. The van der Waals surface area contributed by atoms with Crippen molar-refractivity contribution in [2.75, 3.05) is 0 Å². The number of rotatable bonds is 3. The van der Waals surface area contributed by atoms with Gasteiger partial charge in [0.2, 0.25) is 0 Å². The maximum atomic E-state index is 12.1. The van der Waals surface area contributed by atoms with Crippen molar-refractivity contribution in [3.63, 3.8) is 0 Å². The number of fused-ring (bicyclic) bond motifs is 3. The molecule has 0 bridgehead atoms. The number of carboxylic acids is 1. The first-order valence-corrected chi connectivity index (χ1v) is 6.53. The highest BCUT2D eigenvalue weighted by atomic mass is 16.4. The molecule has 0 amide bonds. The second-order valence-electron chi connectivity index (χ2n) is 4.91. The van der Waals surface area contributed by atoms with Gasteiger partial charge in [-0.1, -0.05) is 18.2 Å². The van der Waals surface area contributed by atoms with Gasteiger partial charge in [-0.05, 0) is 18.9 Å². The smallest absolute Gasteiger partial charge is 0.305 e. The maximum Gasteiger partial charge on any atom is 0.305 e. The molecule has 1 aromatic carbocycles. The molecule has 0 fully saturated rings. The number of aromatic nitrogens is 1. The van der Waals surface area contributed by atoms with Crippen LogP contribution in [0.2, 0.25) is 0 Å². The van der Waals surface area contributed by atoms with Gasteiger partial charge in [-0.25, -0.2) is 0 Å².